The van der Waals surface area contributed by atoms with Crippen LogP contribution < -0.4 is 23.7 Å². The molecule has 10 nitrogen and oxygen atoms in total. The standard InChI is InChI=1S/C33H40O10/c1-38-26-15-21(30-23-17-25-24(41-19-42-25)14-20(23)13-22-18-40-33(37)31(22)30)16-27(39-2)32(26)43-29(36)12-10-8-6-4-3-5-7-9-11-28(34)35/h14-17,22,30-31H,3-13,18-19H2,1-2H3,(H,34,35)/t22-,30+,31-/m0/s1. The summed E-state index contributed by atoms with van der Waals surface area (Å²) in [6.07, 6.45) is 8.67. The van der Waals surface area contributed by atoms with Crippen LogP contribution >= 0.6 is 0 Å². The maximum Gasteiger partial charge on any atom is 0.311 e. The summed E-state index contributed by atoms with van der Waals surface area (Å²) in [4.78, 5) is 36.3. The second-order valence-electron chi connectivity index (χ2n) is 11.5. The fraction of sp³-hybridized carbons (Fsp3) is 0.545. The molecule has 10 heteroatoms. The van der Waals surface area contributed by atoms with Gasteiger partial charge < -0.3 is 33.5 Å². The van der Waals surface area contributed by atoms with Gasteiger partial charge in [-0.05, 0) is 60.2 Å². The van der Waals surface area contributed by atoms with Crippen LogP contribution in [0.5, 0.6) is 28.7 Å². The predicted molar refractivity (Wildman–Crippen MR) is 155 cm³/mol. The van der Waals surface area contributed by atoms with E-state index < -0.39 is 5.97 Å². The van der Waals surface area contributed by atoms with Crippen molar-refractivity contribution in [2.24, 2.45) is 11.8 Å². The Balaban J connectivity index is 1.25. The van der Waals surface area contributed by atoms with Crippen LogP contribution in [-0.2, 0) is 25.5 Å². The number of esters is 2. The van der Waals surface area contributed by atoms with E-state index in [0.29, 0.717) is 42.4 Å². The fourth-order valence-corrected chi connectivity index (χ4v) is 6.46. The van der Waals surface area contributed by atoms with Crippen molar-refractivity contribution in [2.45, 2.75) is 76.5 Å². The van der Waals surface area contributed by atoms with Crippen molar-refractivity contribution in [3.63, 3.8) is 0 Å². The van der Waals surface area contributed by atoms with Crippen LogP contribution in [0.1, 0.15) is 86.8 Å². The van der Waals surface area contributed by atoms with Gasteiger partial charge in [-0.1, -0.05) is 38.5 Å². The molecule has 0 radical (unpaired) electrons. The molecule has 43 heavy (non-hydrogen) atoms. The highest BCUT2D eigenvalue weighted by Gasteiger charge is 2.48. The molecule has 0 amide bonds. The van der Waals surface area contributed by atoms with E-state index in [-0.39, 0.29) is 55.1 Å². The normalized spacial score (nSPS) is 19.8. The summed E-state index contributed by atoms with van der Waals surface area (Å²) >= 11 is 0. The molecule has 0 saturated carbocycles. The van der Waals surface area contributed by atoms with E-state index in [4.69, 9.17) is 33.5 Å². The number of aliphatic carboxylic acids is 1. The fourth-order valence-electron chi connectivity index (χ4n) is 6.46. The lowest BCUT2D eigenvalue weighted by molar-refractivity contribution is -0.141. The Morgan fingerprint density at radius 1 is 0.837 bits per heavy atom. The minimum absolute atomic E-state index is 0.0248. The number of methoxy groups -OCH3 is 2. The first kappa shape index (κ1) is 30.5. The summed E-state index contributed by atoms with van der Waals surface area (Å²) in [5.41, 5.74) is 2.85. The van der Waals surface area contributed by atoms with E-state index in [9.17, 15) is 14.4 Å². The Morgan fingerprint density at radius 2 is 1.44 bits per heavy atom. The molecule has 3 aliphatic rings. The van der Waals surface area contributed by atoms with Crippen LogP contribution in [0.3, 0.4) is 0 Å². The molecule has 2 aliphatic heterocycles. The maximum atomic E-state index is 13.0. The molecule has 1 fully saturated rings. The second-order valence-corrected chi connectivity index (χ2v) is 11.5. The molecule has 0 unspecified atom stereocenters. The van der Waals surface area contributed by atoms with Crippen molar-refractivity contribution >= 4 is 17.9 Å². The van der Waals surface area contributed by atoms with Crippen molar-refractivity contribution in [3.8, 4) is 28.7 Å². The lowest BCUT2D eigenvalue weighted by Gasteiger charge is -2.34. The number of carbonyl (C=O) groups excluding carboxylic acids is 2. The summed E-state index contributed by atoms with van der Waals surface area (Å²) < 4.78 is 33.9. The zero-order valence-electron chi connectivity index (χ0n) is 24.9. The number of ether oxygens (including phenoxy) is 6. The predicted octanol–water partition coefficient (Wildman–Crippen LogP) is 5.80. The lowest BCUT2D eigenvalue weighted by atomic mass is 9.67. The molecule has 1 saturated heterocycles. The van der Waals surface area contributed by atoms with Gasteiger partial charge in [0, 0.05) is 24.7 Å². The van der Waals surface area contributed by atoms with Crippen molar-refractivity contribution in [1.82, 2.24) is 0 Å². The third-order valence-corrected chi connectivity index (χ3v) is 8.61. The largest absolute Gasteiger partial charge is 0.493 e. The number of fused-ring (bicyclic) bond motifs is 3. The maximum absolute atomic E-state index is 13.0. The average molecular weight is 597 g/mol. The minimum atomic E-state index is -0.740. The monoisotopic (exact) mass is 596 g/mol. The second kappa shape index (κ2) is 14.0. The molecule has 2 aromatic rings. The molecule has 1 N–H and O–H groups in total. The first-order chi connectivity index (χ1) is 20.9. The van der Waals surface area contributed by atoms with Gasteiger partial charge in [0.2, 0.25) is 12.5 Å². The van der Waals surface area contributed by atoms with Crippen LogP contribution in [-0.4, -0.2) is 50.6 Å². The summed E-state index contributed by atoms with van der Waals surface area (Å²) in [5.74, 6) is 0.241. The molecule has 0 spiro atoms. The SMILES string of the molecule is COc1cc([C@@H]2c3cc4c(cc3C[C@H]3COC(=O)[C@@H]32)OCO4)cc(OC)c1OC(=O)CCCCCCCCCCC(=O)O. The first-order valence-corrected chi connectivity index (χ1v) is 15.2. The summed E-state index contributed by atoms with van der Waals surface area (Å²) in [6.45, 7) is 0.528. The topological polar surface area (TPSA) is 127 Å². The Labute approximate surface area is 251 Å². The van der Waals surface area contributed by atoms with Crippen LogP contribution in [0, 0.1) is 11.8 Å². The molecule has 0 aromatic heterocycles. The number of rotatable bonds is 15. The van der Waals surface area contributed by atoms with Gasteiger partial charge in [-0.15, -0.1) is 0 Å². The van der Waals surface area contributed by atoms with Crippen LogP contribution in [0.25, 0.3) is 0 Å². The Kier molecular flexibility index (Phi) is 9.94. The third-order valence-electron chi connectivity index (χ3n) is 8.61. The number of hydrogen-bond donors (Lipinski definition) is 1. The quantitative estimate of drug-likeness (QED) is 0.153. The van der Waals surface area contributed by atoms with E-state index in [2.05, 4.69) is 0 Å². The van der Waals surface area contributed by atoms with Gasteiger partial charge in [0.05, 0.1) is 26.7 Å². The Morgan fingerprint density at radius 3 is 2.07 bits per heavy atom. The van der Waals surface area contributed by atoms with E-state index >= 15 is 0 Å². The van der Waals surface area contributed by atoms with Gasteiger partial charge in [0.15, 0.2) is 23.0 Å². The molecule has 232 valence electrons. The van der Waals surface area contributed by atoms with E-state index in [1.807, 2.05) is 24.3 Å². The third kappa shape index (κ3) is 7.00. The van der Waals surface area contributed by atoms with Gasteiger partial charge >= 0.3 is 17.9 Å². The average Bonchev–Trinajstić information content (AvgIpc) is 3.61. The zero-order valence-corrected chi connectivity index (χ0v) is 24.9. The molecular formula is C33H40O10. The van der Waals surface area contributed by atoms with E-state index in [0.717, 1.165) is 61.6 Å². The molecule has 1 aliphatic carbocycles. The smallest absolute Gasteiger partial charge is 0.311 e. The number of benzene rings is 2. The van der Waals surface area contributed by atoms with Gasteiger partial charge in [-0.3, -0.25) is 14.4 Å². The van der Waals surface area contributed by atoms with Gasteiger partial charge in [-0.25, -0.2) is 0 Å². The lowest BCUT2D eigenvalue weighted by Crippen LogP contribution is -2.31. The molecular weight excluding hydrogens is 556 g/mol. The van der Waals surface area contributed by atoms with Crippen molar-refractivity contribution in [3.05, 3.63) is 41.0 Å². The first-order valence-electron chi connectivity index (χ1n) is 15.2. The van der Waals surface area contributed by atoms with Crippen molar-refractivity contribution in [2.75, 3.05) is 27.6 Å². The highest BCUT2D eigenvalue weighted by atomic mass is 16.7. The number of cyclic esters (lactones) is 1. The van der Waals surface area contributed by atoms with Crippen LogP contribution in [0.4, 0.5) is 0 Å². The van der Waals surface area contributed by atoms with Crippen molar-refractivity contribution in [1.29, 1.82) is 0 Å². The number of carboxylic acids is 1. The van der Waals surface area contributed by atoms with E-state index in [1.165, 1.54) is 14.2 Å². The van der Waals surface area contributed by atoms with Gasteiger partial charge in [0.25, 0.3) is 0 Å². The Bertz CT molecular complexity index is 1310. The highest BCUT2D eigenvalue weighted by molar-refractivity contribution is 5.79. The van der Waals surface area contributed by atoms with Crippen molar-refractivity contribution < 1.29 is 47.9 Å². The molecule has 0 bridgehead atoms. The van der Waals surface area contributed by atoms with Crippen LogP contribution in [0.2, 0.25) is 0 Å². The van der Waals surface area contributed by atoms with Gasteiger partial charge in [0.1, 0.15) is 0 Å². The van der Waals surface area contributed by atoms with E-state index in [1.54, 1.807) is 0 Å². The number of carbonyl (C=O) groups is 3. The molecule has 2 aromatic carbocycles. The summed E-state index contributed by atoms with van der Waals surface area (Å²) in [6, 6.07) is 7.58. The zero-order chi connectivity index (χ0) is 30.3. The molecule has 2 heterocycles. The molecule has 3 atom stereocenters. The van der Waals surface area contributed by atoms with Crippen LogP contribution in [0.15, 0.2) is 24.3 Å². The molecule has 5 rings (SSSR count). The number of unbranched alkanes of at least 4 members (excludes halogenated alkanes) is 7. The highest BCUT2D eigenvalue weighted by Crippen LogP contribution is 2.52. The van der Waals surface area contributed by atoms with Gasteiger partial charge in [-0.2, -0.15) is 0 Å². The minimum Gasteiger partial charge on any atom is -0.493 e. The summed E-state index contributed by atoms with van der Waals surface area (Å²) in [7, 11) is 3.02. The number of carboxylic acid groups (broad SMARTS) is 1. The number of hydrogen-bond acceptors (Lipinski definition) is 9. The Hall–Kier alpha value is -3.95. The summed E-state index contributed by atoms with van der Waals surface area (Å²) in [5, 5.41) is 8.70.